The molecule has 0 amide bonds. The van der Waals surface area contributed by atoms with Crippen LogP contribution in [0.3, 0.4) is 0 Å². The summed E-state index contributed by atoms with van der Waals surface area (Å²) in [5.41, 5.74) is 2.54. The van der Waals surface area contributed by atoms with Crippen molar-refractivity contribution >= 4 is 16.8 Å². The van der Waals surface area contributed by atoms with Crippen LogP contribution in [0.25, 0.3) is 0 Å². The monoisotopic (exact) mass is 340 g/mol. The molecule has 1 aliphatic heterocycles. The summed E-state index contributed by atoms with van der Waals surface area (Å²) in [5, 5.41) is 1.17. The molecule has 24 heavy (non-hydrogen) atoms. The molecule has 0 unspecified atom stereocenters. The van der Waals surface area contributed by atoms with E-state index in [0.29, 0.717) is 0 Å². The summed E-state index contributed by atoms with van der Waals surface area (Å²) >= 11 is 1.78. The maximum Gasteiger partial charge on any atom is 0.0868 e. The highest BCUT2D eigenvalue weighted by Crippen LogP contribution is 2.21. The quantitative estimate of drug-likeness (QED) is 0.467. The van der Waals surface area contributed by atoms with Crippen molar-refractivity contribution in [3.8, 4) is 0 Å². The second-order valence-corrected chi connectivity index (χ2v) is 7.15. The molecule has 0 saturated carbocycles. The number of aryl methyl sites for hydroxylation is 1. The zero-order valence-corrected chi connectivity index (χ0v) is 15.0. The lowest BCUT2D eigenvalue weighted by molar-refractivity contribution is 0.0455. The van der Waals surface area contributed by atoms with E-state index in [-0.39, 0.29) is 0 Å². The molecule has 2 aromatic rings. The number of benzene rings is 2. The van der Waals surface area contributed by atoms with Crippen LogP contribution in [0.2, 0.25) is 0 Å². The highest BCUT2D eigenvalue weighted by molar-refractivity contribution is 8.14. The van der Waals surface area contributed by atoms with E-state index < -0.39 is 0 Å². The molecule has 2 aromatic carbocycles. The van der Waals surface area contributed by atoms with Gasteiger partial charge in [0.15, 0.2) is 0 Å². The fourth-order valence-corrected chi connectivity index (χ4v) is 3.49. The predicted molar refractivity (Wildman–Crippen MR) is 102 cm³/mol. The third-order valence-electron chi connectivity index (χ3n) is 4.00. The molecule has 0 atom stereocenters. The van der Waals surface area contributed by atoms with E-state index in [0.717, 1.165) is 39.4 Å². The molecule has 1 aliphatic rings. The average molecular weight is 340 g/mol. The normalized spacial score (nSPS) is 16.3. The number of thioether (sulfide) groups is 1. The van der Waals surface area contributed by atoms with Gasteiger partial charge in [-0.05, 0) is 24.6 Å². The molecule has 0 bridgehead atoms. The molecule has 3 nitrogen and oxygen atoms in total. The van der Waals surface area contributed by atoms with E-state index in [1.54, 1.807) is 11.8 Å². The SMILES string of the molecule is Cc1ccc(SC(CN2CCOCC2)=NCc2ccccc2)cc1. The summed E-state index contributed by atoms with van der Waals surface area (Å²) in [4.78, 5) is 8.58. The van der Waals surface area contributed by atoms with Gasteiger partial charge in [0.05, 0.1) is 24.8 Å². The van der Waals surface area contributed by atoms with Crippen LogP contribution in [0.1, 0.15) is 11.1 Å². The largest absolute Gasteiger partial charge is 0.379 e. The predicted octanol–water partition coefficient (Wildman–Crippen LogP) is 4.02. The van der Waals surface area contributed by atoms with E-state index in [9.17, 15) is 0 Å². The van der Waals surface area contributed by atoms with Gasteiger partial charge in [-0.3, -0.25) is 9.89 Å². The van der Waals surface area contributed by atoms with E-state index >= 15 is 0 Å². The summed E-state index contributed by atoms with van der Waals surface area (Å²) in [7, 11) is 0. The first-order valence-electron chi connectivity index (χ1n) is 8.41. The lowest BCUT2D eigenvalue weighted by atomic mass is 10.2. The number of morpholine rings is 1. The van der Waals surface area contributed by atoms with Crippen molar-refractivity contribution in [3.05, 3.63) is 65.7 Å². The molecular weight excluding hydrogens is 316 g/mol. The maximum atomic E-state index is 5.45. The third kappa shape index (κ3) is 5.48. The lowest BCUT2D eigenvalue weighted by Crippen LogP contribution is -2.39. The Labute approximate surface area is 148 Å². The number of hydrogen-bond donors (Lipinski definition) is 0. The summed E-state index contributed by atoms with van der Waals surface area (Å²) in [6.45, 7) is 7.36. The van der Waals surface area contributed by atoms with Gasteiger partial charge in [-0.2, -0.15) is 0 Å². The Bertz CT molecular complexity index is 649. The molecule has 1 heterocycles. The van der Waals surface area contributed by atoms with Gasteiger partial charge in [-0.1, -0.05) is 59.8 Å². The van der Waals surface area contributed by atoms with Crippen LogP contribution in [-0.4, -0.2) is 42.8 Å². The zero-order chi connectivity index (χ0) is 16.6. The Morgan fingerprint density at radius 3 is 2.46 bits per heavy atom. The van der Waals surface area contributed by atoms with Crippen LogP contribution in [-0.2, 0) is 11.3 Å². The Morgan fingerprint density at radius 1 is 1.04 bits per heavy atom. The molecule has 0 aromatic heterocycles. The molecule has 0 aliphatic carbocycles. The van der Waals surface area contributed by atoms with Crippen LogP contribution < -0.4 is 0 Å². The van der Waals surface area contributed by atoms with Gasteiger partial charge in [-0.25, -0.2) is 0 Å². The number of nitrogens with zero attached hydrogens (tertiary/aromatic N) is 2. The molecule has 1 saturated heterocycles. The maximum absolute atomic E-state index is 5.45. The zero-order valence-electron chi connectivity index (χ0n) is 14.1. The number of rotatable bonds is 5. The first kappa shape index (κ1) is 17.2. The lowest BCUT2D eigenvalue weighted by Gasteiger charge is -2.26. The smallest absolute Gasteiger partial charge is 0.0868 e. The van der Waals surface area contributed by atoms with Crippen LogP contribution in [0, 0.1) is 6.92 Å². The van der Waals surface area contributed by atoms with Gasteiger partial charge < -0.3 is 4.74 Å². The Balaban J connectivity index is 1.70. The highest BCUT2D eigenvalue weighted by Gasteiger charge is 2.14. The van der Waals surface area contributed by atoms with Crippen molar-refractivity contribution < 1.29 is 4.74 Å². The summed E-state index contributed by atoms with van der Waals surface area (Å²) in [6.07, 6.45) is 0. The van der Waals surface area contributed by atoms with E-state index in [1.165, 1.54) is 21.1 Å². The van der Waals surface area contributed by atoms with Crippen molar-refractivity contribution in [1.29, 1.82) is 0 Å². The fourth-order valence-electron chi connectivity index (χ4n) is 2.57. The van der Waals surface area contributed by atoms with Gasteiger partial charge in [0.25, 0.3) is 0 Å². The standard InChI is InChI=1S/C20H24N2OS/c1-17-7-9-19(10-8-17)24-20(16-22-11-13-23-14-12-22)21-15-18-5-3-2-4-6-18/h2-10H,11-16H2,1H3. The summed E-state index contributed by atoms with van der Waals surface area (Å²) in [5.74, 6) is 0. The average Bonchev–Trinajstić information content (AvgIpc) is 2.63. The van der Waals surface area contributed by atoms with E-state index in [2.05, 4.69) is 60.4 Å². The fraction of sp³-hybridized carbons (Fsp3) is 0.350. The first-order chi connectivity index (χ1) is 11.8. The molecule has 0 spiro atoms. The van der Waals surface area contributed by atoms with E-state index in [4.69, 9.17) is 9.73 Å². The van der Waals surface area contributed by atoms with Gasteiger partial charge >= 0.3 is 0 Å². The molecule has 3 rings (SSSR count). The third-order valence-corrected chi connectivity index (χ3v) is 5.00. The minimum atomic E-state index is 0.735. The van der Waals surface area contributed by atoms with Crippen LogP contribution in [0.5, 0.6) is 0 Å². The molecule has 4 heteroatoms. The molecular formula is C20H24N2OS. The topological polar surface area (TPSA) is 24.8 Å². The Morgan fingerprint density at radius 2 is 1.75 bits per heavy atom. The van der Waals surface area contributed by atoms with Crippen molar-refractivity contribution in [2.45, 2.75) is 18.4 Å². The second kappa shape index (κ2) is 9.02. The van der Waals surface area contributed by atoms with Gasteiger partial charge in [0, 0.05) is 24.5 Å². The molecule has 1 fully saturated rings. The Kier molecular flexibility index (Phi) is 6.47. The number of hydrogen-bond acceptors (Lipinski definition) is 4. The van der Waals surface area contributed by atoms with Crippen molar-refractivity contribution in [2.24, 2.45) is 4.99 Å². The minimum absolute atomic E-state index is 0.735. The summed E-state index contributed by atoms with van der Waals surface area (Å²) in [6, 6.07) is 19.1. The van der Waals surface area contributed by atoms with Gasteiger partial charge in [0.1, 0.15) is 0 Å². The van der Waals surface area contributed by atoms with Crippen LogP contribution in [0.4, 0.5) is 0 Å². The Hall–Kier alpha value is -1.62. The molecule has 0 N–H and O–H groups in total. The first-order valence-corrected chi connectivity index (χ1v) is 9.23. The van der Waals surface area contributed by atoms with Crippen molar-refractivity contribution in [3.63, 3.8) is 0 Å². The molecule has 126 valence electrons. The van der Waals surface area contributed by atoms with Gasteiger partial charge in [0.2, 0.25) is 0 Å². The summed E-state index contributed by atoms with van der Waals surface area (Å²) < 4.78 is 5.45. The molecule has 0 radical (unpaired) electrons. The number of aliphatic imine (C=N–C) groups is 1. The van der Waals surface area contributed by atoms with Crippen LogP contribution >= 0.6 is 11.8 Å². The van der Waals surface area contributed by atoms with Crippen molar-refractivity contribution in [2.75, 3.05) is 32.8 Å². The second-order valence-electron chi connectivity index (χ2n) is 6.00. The van der Waals surface area contributed by atoms with Crippen LogP contribution in [0.15, 0.2) is 64.5 Å². The van der Waals surface area contributed by atoms with Crippen molar-refractivity contribution in [1.82, 2.24) is 4.90 Å². The van der Waals surface area contributed by atoms with Gasteiger partial charge in [-0.15, -0.1) is 0 Å². The van der Waals surface area contributed by atoms with E-state index in [1.807, 2.05) is 6.07 Å². The minimum Gasteiger partial charge on any atom is -0.379 e. The number of ether oxygens (including phenoxy) is 1. The highest BCUT2D eigenvalue weighted by atomic mass is 32.2.